The summed E-state index contributed by atoms with van der Waals surface area (Å²) in [6.07, 6.45) is -2.70. The zero-order valence-electron chi connectivity index (χ0n) is 9.74. The molecule has 102 valence electrons. The van der Waals surface area contributed by atoms with E-state index in [1.807, 2.05) is 0 Å². The van der Waals surface area contributed by atoms with Crippen molar-refractivity contribution in [3.05, 3.63) is 35.4 Å². The van der Waals surface area contributed by atoms with E-state index >= 15 is 0 Å². The highest BCUT2D eigenvalue weighted by Gasteiger charge is 2.60. The summed E-state index contributed by atoms with van der Waals surface area (Å²) in [4.78, 5) is 0. The maximum absolute atomic E-state index is 12.7. The van der Waals surface area contributed by atoms with Crippen molar-refractivity contribution in [3.63, 3.8) is 0 Å². The highest BCUT2D eigenvalue weighted by Crippen LogP contribution is 2.38. The molecule has 0 radical (unpaired) electrons. The van der Waals surface area contributed by atoms with Crippen LogP contribution in [0.3, 0.4) is 0 Å². The molecular formula is C11H12F5NS. The lowest BCUT2D eigenvalue weighted by molar-refractivity contribution is -0.264. The molecule has 0 bridgehead atoms. The highest BCUT2D eigenvalue weighted by molar-refractivity contribution is 7.99. The fourth-order valence-corrected chi connectivity index (χ4v) is 1.23. The summed E-state index contributed by atoms with van der Waals surface area (Å²) < 4.78 is 61.4. The summed E-state index contributed by atoms with van der Waals surface area (Å²) in [5.41, 5.74) is 7.15. The Labute approximate surface area is 106 Å². The van der Waals surface area contributed by atoms with E-state index in [2.05, 4.69) is 12.3 Å². The third-order valence-corrected chi connectivity index (χ3v) is 3.01. The molecule has 1 atom stereocenters. The number of thioether (sulfide) groups is 1. The first-order valence-corrected chi connectivity index (χ1v) is 5.98. The predicted molar refractivity (Wildman–Crippen MR) is 62.4 cm³/mol. The number of hydrogen-bond donors (Lipinski definition) is 1. The molecule has 0 aliphatic rings. The Hall–Kier alpha value is -1.16. The van der Waals surface area contributed by atoms with Crippen molar-refractivity contribution >= 4 is 11.8 Å². The van der Waals surface area contributed by atoms with Crippen LogP contribution >= 0.6 is 11.8 Å². The van der Waals surface area contributed by atoms with Crippen molar-refractivity contribution in [2.45, 2.75) is 24.3 Å². The van der Waals surface area contributed by atoms with Crippen molar-refractivity contribution in [1.82, 2.24) is 0 Å². The molecule has 7 heteroatoms. The van der Waals surface area contributed by atoms with E-state index in [0.29, 0.717) is 5.57 Å². The van der Waals surface area contributed by atoms with Gasteiger partial charge in [-0.3, -0.25) is 0 Å². The first-order chi connectivity index (χ1) is 8.07. The summed E-state index contributed by atoms with van der Waals surface area (Å²) in [6.45, 7) is 5.12. The molecular weight excluding hydrogens is 273 g/mol. The molecule has 1 unspecified atom stereocenters. The zero-order valence-corrected chi connectivity index (χ0v) is 10.6. The van der Waals surface area contributed by atoms with Crippen LogP contribution in [0, 0.1) is 0 Å². The number of rotatable bonds is 4. The van der Waals surface area contributed by atoms with Gasteiger partial charge in [-0.1, -0.05) is 18.4 Å². The third-order valence-electron chi connectivity index (χ3n) is 2.05. The summed E-state index contributed by atoms with van der Waals surface area (Å²) in [5.74, 6) is -5.12. The molecule has 0 spiro atoms. The quantitative estimate of drug-likeness (QED) is 0.485. The smallest absolute Gasteiger partial charge is 0.390 e. The largest absolute Gasteiger partial charge is 0.460 e. The average Bonchev–Trinajstić information content (AvgIpc) is 2.27. The SMILES string of the molecule is C=CC(=C=C=C(N)C(F)(F)C(F)(F)F)C(C)SC. The standard InChI is InChI=1S/C11H12F5NS/c1-4-8(7(2)18-3)5-6-9(17)10(12,13)11(14,15)16/h4,7H,1,17H2,2-3H3. The van der Waals surface area contributed by atoms with Crippen LogP contribution < -0.4 is 5.73 Å². The minimum atomic E-state index is -5.74. The number of hydrogen-bond acceptors (Lipinski definition) is 2. The van der Waals surface area contributed by atoms with Gasteiger partial charge in [-0.05, 0) is 18.9 Å². The maximum atomic E-state index is 12.7. The summed E-state index contributed by atoms with van der Waals surface area (Å²) in [7, 11) is 0. The molecule has 0 saturated heterocycles. The van der Waals surface area contributed by atoms with Crippen LogP contribution in [0.15, 0.2) is 35.4 Å². The minimum Gasteiger partial charge on any atom is -0.390 e. The first-order valence-electron chi connectivity index (χ1n) is 4.69. The van der Waals surface area contributed by atoms with Crippen molar-refractivity contribution in [1.29, 1.82) is 0 Å². The number of alkyl halides is 5. The van der Waals surface area contributed by atoms with E-state index < -0.39 is 17.8 Å². The van der Waals surface area contributed by atoms with Gasteiger partial charge < -0.3 is 5.73 Å². The molecule has 0 heterocycles. The fourth-order valence-electron chi connectivity index (χ4n) is 0.816. The topological polar surface area (TPSA) is 26.0 Å². The highest BCUT2D eigenvalue weighted by atomic mass is 32.2. The van der Waals surface area contributed by atoms with Crippen LogP contribution in [0.4, 0.5) is 22.0 Å². The molecule has 0 fully saturated rings. The van der Waals surface area contributed by atoms with Crippen molar-refractivity contribution in [3.8, 4) is 0 Å². The Balaban J connectivity index is 5.68. The fraction of sp³-hybridized carbons (Fsp3) is 0.455. The van der Waals surface area contributed by atoms with Gasteiger partial charge in [0.1, 0.15) is 5.70 Å². The summed E-state index contributed by atoms with van der Waals surface area (Å²) in [5, 5.41) is -0.165. The van der Waals surface area contributed by atoms with E-state index in [1.54, 1.807) is 18.9 Å². The predicted octanol–water partition coefficient (Wildman–Crippen LogP) is 3.64. The Morgan fingerprint density at radius 3 is 2.11 bits per heavy atom. The van der Waals surface area contributed by atoms with E-state index in [1.165, 1.54) is 17.8 Å². The Bertz CT molecular complexity index is 412. The van der Waals surface area contributed by atoms with Crippen LogP contribution in [-0.2, 0) is 0 Å². The Morgan fingerprint density at radius 2 is 1.78 bits per heavy atom. The van der Waals surface area contributed by atoms with Crippen LogP contribution in [0.5, 0.6) is 0 Å². The number of halogens is 5. The Kier molecular flexibility index (Phi) is 5.74. The molecule has 0 aromatic rings. The molecule has 0 aromatic carbocycles. The van der Waals surface area contributed by atoms with Crippen LogP contribution in [0.1, 0.15) is 6.92 Å². The molecule has 1 nitrogen and oxygen atoms in total. The summed E-state index contributed by atoms with van der Waals surface area (Å²) >= 11 is 1.35. The second-order valence-corrected chi connectivity index (χ2v) is 4.45. The molecule has 0 aliphatic heterocycles. The van der Waals surface area contributed by atoms with Gasteiger partial charge in [-0.25, -0.2) is 0 Å². The number of nitrogens with two attached hydrogens (primary N) is 1. The van der Waals surface area contributed by atoms with E-state index in [-0.39, 0.29) is 5.25 Å². The van der Waals surface area contributed by atoms with E-state index in [4.69, 9.17) is 5.73 Å². The lowest BCUT2D eigenvalue weighted by Crippen LogP contribution is -2.40. The van der Waals surface area contributed by atoms with Gasteiger partial charge in [0.25, 0.3) is 0 Å². The molecule has 0 saturated carbocycles. The van der Waals surface area contributed by atoms with Crippen LogP contribution in [-0.4, -0.2) is 23.6 Å². The average molecular weight is 285 g/mol. The van der Waals surface area contributed by atoms with Crippen molar-refractivity contribution < 1.29 is 22.0 Å². The molecule has 0 aliphatic carbocycles. The minimum absolute atomic E-state index is 0.165. The normalized spacial score (nSPS) is 13.3. The monoisotopic (exact) mass is 285 g/mol. The molecule has 18 heavy (non-hydrogen) atoms. The third kappa shape index (κ3) is 3.95. The lowest BCUT2D eigenvalue weighted by Gasteiger charge is -2.17. The Morgan fingerprint density at radius 1 is 1.28 bits per heavy atom. The van der Waals surface area contributed by atoms with Gasteiger partial charge in [-0.15, -0.1) is 0 Å². The van der Waals surface area contributed by atoms with Gasteiger partial charge in [-0.2, -0.15) is 33.7 Å². The van der Waals surface area contributed by atoms with Gasteiger partial charge in [0.2, 0.25) is 0 Å². The maximum Gasteiger partial charge on any atom is 0.460 e. The zero-order chi connectivity index (χ0) is 14.6. The lowest BCUT2D eigenvalue weighted by atomic mass is 10.2. The van der Waals surface area contributed by atoms with E-state index in [9.17, 15) is 22.0 Å². The van der Waals surface area contributed by atoms with Crippen LogP contribution in [0.25, 0.3) is 0 Å². The van der Waals surface area contributed by atoms with Gasteiger partial charge in [0, 0.05) is 10.8 Å². The molecule has 2 N–H and O–H groups in total. The van der Waals surface area contributed by atoms with Crippen molar-refractivity contribution in [2.24, 2.45) is 5.73 Å². The van der Waals surface area contributed by atoms with Gasteiger partial charge in [0.05, 0.1) is 0 Å². The second-order valence-electron chi connectivity index (χ2n) is 3.27. The van der Waals surface area contributed by atoms with Gasteiger partial charge in [0.15, 0.2) is 0 Å². The van der Waals surface area contributed by atoms with Crippen molar-refractivity contribution in [2.75, 3.05) is 6.26 Å². The van der Waals surface area contributed by atoms with E-state index in [0.717, 1.165) is 0 Å². The van der Waals surface area contributed by atoms with Gasteiger partial charge >= 0.3 is 12.1 Å². The summed E-state index contributed by atoms with van der Waals surface area (Å²) in [6, 6.07) is 0. The first kappa shape index (κ1) is 16.8. The van der Waals surface area contributed by atoms with Crippen LogP contribution in [0.2, 0.25) is 0 Å². The molecule has 0 aromatic heterocycles. The number of allylic oxidation sites excluding steroid dienone is 2. The molecule has 0 rings (SSSR count). The molecule has 0 amide bonds. The second kappa shape index (κ2) is 6.14.